The number of hydrogen-bond acceptors (Lipinski definition) is 9. The van der Waals surface area contributed by atoms with Gasteiger partial charge in [-0.1, -0.05) is 36.8 Å². The standard InChI is InChI=1S/C33H37N3O7/c1-35(2)27-22-15-19-14-21-20(18-8-6-17(7-9-18)16-36-12-4-3-5-13-36)10-11-23(37)25(21)28(38)24(19)30(40)33(22,43)31(41)26(29(27)39)32(34)42/h6-11,19,22,27,37-38,41,43H,3-5,12-16H2,1-2H3,(H2,34,42)/t19?,22?,27-,33-/m0/s1. The maximum atomic E-state index is 14.0. The molecule has 4 atom stereocenters. The molecule has 1 saturated heterocycles. The molecule has 4 aliphatic rings. The zero-order valence-electron chi connectivity index (χ0n) is 24.3. The van der Waals surface area contributed by atoms with Crippen molar-refractivity contribution in [2.45, 2.75) is 50.3 Å². The van der Waals surface area contributed by atoms with Gasteiger partial charge in [0.25, 0.3) is 5.91 Å². The molecule has 10 nitrogen and oxygen atoms in total. The number of ketones is 2. The second-order valence-corrected chi connectivity index (χ2v) is 12.5. The lowest BCUT2D eigenvalue weighted by atomic mass is 9.57. The van der Waals surface area contributed by atoms with Crippen LogP contribution in [0.3, 0.4) is 0 Å². The van der Waals surface area contributed by atoms with Gasteiger partial charge in [0.2, 0.25) is 5.78 Å². The molecule has 3 aliphatic carbocycles. The molecule has 0 aromatic heterocycles. The zero-order valence-corrected chi connectivity index (χ0v) is 24.3. The number of likely N-dealkylation sites (tertiary alicyclic amines) is 1. The fraction of sp³-hybridized carbons (Fsp3) is 0.424. The molecule has 2 aromatic carbocycles. The highest BCUT2D eigenvalue weighted by Gasteiger charge is 2.64. The van der Waals surface area contributed by atoms with Crippen LogP contribution in [0.5, 0.6) is 5.75 Å². The Bertz CT molecular complexity index is 1590. The van der Waals surface area contributed by atoms with Crippen molar-refractivity contribution in [3.05, 3.63) is 70.0 Å². The molecule has 0 bridgehead atoms. The minimum absolute atomic E-state index is 0.0512. The lowest BCUT2D eigenvalue weighted by Gasteiger charge is -2.50. The minimum Gasteiger partial charge on any atom is -0.508 e. The summed E-state index contributed by atoms with van der Waals surface area (Å²) in [6.45, 7) is 3.06. The normalized spacial score (nSPS) is 27.7. The molecule has 2 unspecified atom stereocenters. The third-order valence-corrected chi connectivity index (χ3v) is 9.72. The minimum atomic E-state index is -2.65. The molecule has 1 amide bonds. The van der Waals surface area contributed by atoms with Crippen molar-refractivity contribution in [3.63, 3.8) is 0 Å². The SMILES string of the molecule is CN(C)[C@@H]1C(=O)C(C(N)=O)=C(O)[C@@]2(O)C(=O)C3=C(O)c4c(O)ccc(-c5ccc(CN6CCCCC6)cc5)c4CC3CC12. The molecule has 0 spiro atoms. The highest BCUT2D eigenvalue weighted by atomic mass is 16.3. The van der Waals surface area contributed by atoms with Crippen LogP contribution in [-0.4, -0.2) is 86.5 Å². The van der Waals surface area contributed by atoms with Crippen molar-refractivity contribution in [3.8, 4) is 16.9 Å². The van der Waals surface area contributed by atoms with Gasteiger partial charge in [-0.25, -0.2) is 0 Å². The largest absolute Gasteiger partial charge is 0.508 e. The Hall–Kier alpha value is -3.99. The summed E-state index contributed by atoms with van der Waals surface area (Å²) in [5.41, 5.74) is 5.37. The Kier molecular flexibility index (Phi) is 7.19. The number of aliphatic hydroxyl groups excluding tert-OH is 2. The summed E-state index contributed by atoms with van der Waals surface area (Å²) in [5, 5.41) is 45.2. The van der Waals surface area contributed by atoms with Gasteiger partial charge < -0.3 is 26.2 Å². The number of carbonyl (C=O) groups is 3. The highest BCUT2D eigenvalue weighted by Crippen LogP contribution is 2.53. The van der Waals surface area contributed by atoms with Gasteiger partial charge in [0.15, 0.2) is 11.4 Å². The van der Waals surface area contributed by atoms with E-state index in [9.17, 15) is 34.8 Å². The third-order valence-electron chi connectivity index (χ3n) is 9.72. The summed E-state index contributed by atoms with van der Waals surface area (Å²) in [4.78, 5) is 43.4. The first kappa shape index (κ1) is 29.1. The van der Waals surface area contributed by atoms with Gasteiger partial charge in [0, 0.05) is 18.0 Å². The van der Waals surface area contributed by atoms with Gasteiger partial charge in [-0.05, 0) is 87.1 Å². The van der Waals surface area contributed by atoms with E-state index in [1.165, 1.54) is 35.8 Å². The van der Waals surface area contributed by atoms with Gasteiger partial charge in [-0.3, -0.25) is 24.2 Å². The molecule has 0 radical (unpaired) electrons. The van der Waals surface area contributed by atoms with Crippen molar-refractivity contribution < 1.29 is 34.8 Å². The number of benzene rings is 2. The summed E-state index contributed by atoms with van der Waals surface area (Å²) in [7, 11) is 3.16. The van der Waals surface area contributed by atoms with Gasteiger partial charge in [-0.2, -0.15) is 0 Å². The number of phenolic OH excluding ortho intramolecular Hbond substituents is 1. The molecule has 226 valence electrons. The first-order valence-corrected chi connectivity index (χ1v) is 14.8. The Labute approximate surface area is 249 Å². The Morgan fingerprint density at radius 2 is 1.70 bits per heavy atom. The molecule has 6 N–H and O–H groups in total. The van der Waals surface area contributed by atoms with Gasteiger partial charge in [-0.15, -0.1) is 0 Å². The number of aliphatic hydroxyl groups is 3. The predicted molar refractivity (Wildman–Crippen MR) is 159 cm³/mol. The van der Waals surface area contributed by atoms with Crippen LogP contribution in [0.15, 0.2) is 53.3 Å². The van der Waals surface area contributed by atoms with Crippen LogP contribution in [0.1, 0.15) is 42.4 Å². The van der Waals surface area contributed by atoms with E-state index in [2.05, 4.69) is 17.0 Å². The van der Waals surface area contributed by atoms with Gasteiger partial charge >= 0.3 is 0 Å². The number of phenols is 1. The zero-order chi connectivity index (χ0) is 30.8. The van der Waals surface area contributed by atoms with Crippen LogP contribution < -0.4 is 5.73 Å². The van der Waals surface area contributed by atoms with E-state index < -0.39 is 58.0 Å². The number of amides is 1. The van der Waals surface area contributed by atoms with Crippen molar-refractivity contribution >= 4 is 23.2 Å². The predicted octanol–water partition coefficient (Wildman–Crippen LogP) is 2.62. The van der Waals surface area contributed by atoms with Crippen LogP contribution in [0.4, 0.5) is 0 Å². The number of rotatable bonds is 5. The van der Waals surface area contributed by atoms with E-state index in [1.54, 1.807) is 20.2 Å². The summed E-state index contributed by atoms with van der Waals surface area (Å²) in [5.74, 6) is -6.58. The topological polar surface area (TPSA) is 165 Å². The number of hydrogen-bond donors (Lipinski definition) is 5. The number of nitrogens with two attached hydrogens (primary N) is 1. The second-order valence-electron chi connectivity index (χ2n) is 12.5. The molecule has 6 rings (SSSR count). The summed E-state index contributed by atoms with van der Waals surface area (Å²) in [6.07, 6.45) is 3.99. The summed E-state index contributed by atoms with van der Waals surface area (Å²) < 4.78 is 0. The monoisotopic (exact) mass is 587 g/mol. The summed E-state index contributed by atoms with van der Waals surface area (Å²) >= 11 is 0. The molecule has 1 heterocycles. The number of piperidine rings is 1. The molecule has 1 aliphatic heterocycles. The van der Waals surface area contributed by atoms with Crippen LogP contribution in [0.25, 0.3) is 16.9 Å². The Balaban J connectivity index is 1.42. The van der Waals surface area contributed by atoms with Crippen molar-refractivity contribution in [1.82, 2.24) is 9.80 Å². The quantitative estimate of drug-likeness (QED) is 0.331. The van der Waals surface area contributed by atoms with Crippen molar-refractivity contribution in [2.24, 2.45) is 17.6 Å². The fourth-order valence-electron chi connectivity index (χ4n) is 7.68. The maximum absolute atomic E-state index is 14.0. The average molecular weight is 588 g/mol. The number of fused-ring (bicyclic) bond motifs is 3. The Morgan fingerprint density at radius 1 is 1.02 bits per heavy atom. The number of nitrogens with zero attached hydrogens (tertiary/aromatic N) is 2. The van der Waals surface area contributed by atoms with Gasteiger partial charge in [0.05, 0.1) is 11.6 Å². The van der Waals surface area contributed by atoms with E-state index in [1.807, 2.05) is 12.1 Å². The third kappa shape index (κ3) is 4.47. The molecular formula is C33H37N3O7. The Morgan fingerprint density at radius 3 is 2.33 bits per heavy atom. The maximum Gasteiger partial charge on any atom is 0.255 e. The van der Waals surface area contributed by atoms with Crippen molar-refractivity contribution in [1.29, 1.82) is 0 Å². The van der Waals surface area contributed by atoms with E-state index in [-0.39, 0.29) is 29.7 Å². The van der Waals surface area contributed by atoms with E-state index in [0.717, 1.165) is 30.8 Å². The highest BCUT2D eigenvalue weighted by molar-refractivity contribution is 6.24. The molecular weight excluding hydrogens is 550 g/mol. The van der Waals surface area contributed by atoms with E-state index >= 15 is 0 Å². The smallest absolute Gasteiger partial charge is 0.255 e. The van der Waals surface area contributed by atoms with Crippen LogP contribution in [0, 0.1) is 11.8 Å². The second kappa shape index (κ2) is 10.6. The molecule has 10 heteroatoms. The molecule has 2 aromatic rings. The lowest BCUT2D eigenvalue weighted by Crippen LogP contribution is -2.65. The van der Waals surface area contributed by atoms with E-state index in [4.69, 9.17) is 5.73 Å². The summed E-state index contributed by atoms with van der Waals surface area (Å²) in [6, 6.07) is 10.3. The van der Waals surface area contributed by atoms with Crippen molar-refractivity contribution in [2.75, 3.05) is 27.2 Å². The molecule has 43 heavy (non-hydrogen) atoms. The number of aromatic hydroxyl groups is 1. The molecule has 1 saturated carbocycles. The van der Waals surface area contributed by atoms with Crippen LogP contribution in [0.2, 0.25) is 0 Å². The first-order chi connectivity index (χ1) is 20.4. The van der Waals surface area contributed by atoms with Gasteiger partial charge in [0.1, 0.15) is 22.8 Å². The number of Topliss-reactive ketones (excluding diaryl/α,β-unsaturated/α-hetero) is 2. The molecule has 2 fully saturated rings. The fourth-order valence-corrected chi connectivity index (χ4v) is 7.68. The number of carbonyl (C=O) groups excluding carboxylic acids is 3. The number of primary amides is 1. The lowest BCUT2D eigenvalue weighted by molar-refractivity contribution is -0.153. The average Bonchev–Trinajstić information content (AvgIpc) is 2.96. The van der Waals surface area contributed by atoms with Crippen LogP contribution >= 0.6 is 0 Å². The first-order valence-electron chi connectivity index (χ1n) is 14.8. The van der Waals surface area contributed by atoms with Crippen LogP contribution in [-0.2, 0) is 27.3 Å². The van der Waals surface area contributed by atoms with E-state index in [0.29, 0.717) is 5.56 Å². The number of likely N-dealkylation sites (N-methyl/N-ethyl adjacent to an activating group) is 1.